The molecular formula is C132H108F4O2. The second kappa shape index (κ2) is 46.4. The van der Waals surface area contributed by atoms with Crippen molar-refractivity contribution in [3.05, 3.63) is 531 Å². The zero-order chi connectivity index (χ0) is 96.3. The molecule has 0 aliphatic rings. The van der Waals surface area contributed by atoms with E-state index in [1.54, 1.807) is 24.3 Å². The Morgan fingerprint density at radius 3 is 0.457 bits per heavy atom. The van der Waals surface area contributed by atoms with Crippen molar-refractivity contribution in [2.24, 2.45) is 0 Å². The van der Waals surface area contributed by atoms with E-state index in [-0.39, 0.29) is 0 Å². The second-order valence-corrected chi connectivity index (χ2v) is 33.3. The summed E-state index contributed by atoms with van der Waals surface area (Å²) in [5.74, 6) is -2.38. The van der Waals surface area contributed by atoms with Crippen LogP contribution >= 0.6 is 0 Å². The predicted octanol–water partition coefficient (Wildman–Crippen LogP) is 37.6. The molecule has 2 nitrogen and oxygen atoms in total. The van der Waals surface area contributed by atoms with E-state index in [2.05, 4.69) is 404 Å². The van der Waals surface area contributed by atoms with Crippen LogP contribution in [0.2, 0.25) is 0 Å². The number of carbonyl (C=O) groups is 2. The second-order valence-electron chi connectivity index (χ2n) is 33.3. The molecule has 20 aromatic carbocycles. The maximum Gasteiger partial charge on any atom is 0.454 e. The van der Waals surface area contributed by atoms with Crippen LogP contribution in [0.3, 0.4) is 0 Å². The van der Waals surface area contributed by atoms with Crippen LogP contribution in [0.1, 0.15) is 70.7 Å². The first kappa shape index (κ1) is 96.0. The molecule has 0 aliphatic heterocycles. The molecule has 0 saturated carbocycles. The number of aryl methyl sites for hydroxylation is 4. The van der Waals surface area contributed by atoms with Crippen molar-refractivity contribution >= 4 is 11.6 Å². The number of hydrogen-bond acceptors (Lipinski definition) is 2. The lowest BCUT2D eigenvalue weighted by atomic mass is 9.81. The van der Waals surface area contributed by atoms with Crippen LogP contribution in [0, 0.1) is 27.7 Å². The van der Waals surface area contributed by atoms with Crippen molar-refractivity contribution in [2.45, 2.75) is 61.6 Å². The average Bonchev–Trinajstić information content (AvgIpc) is 0.749. The highest BCUT2D eigenvalue weighted by Crippen LogP contribution is 2.53. The van der Waals surface area contributed by atoms with Crippen molar-refractivity contribution < 1.29 is 27.2 Å². The minimum Gasteiger partial charge on any atom is -0.291 e. The number of carbonyl (C=O) groups excluding carboxylic acids is 2. The molecule has 0 aliphatic carbocycles. The van der Waals surface area contributed by atoms with E-state index >= 15 is 0 Å². The van der Waals surface area contributed by atoms with E-state index < -0.39 is 30.0 Å². The van der Waals surface area contributed by atoms with Gasteiger partial charge in [0.1, 0.15) is 0 Å². The lowest BCUT2D eigenvalue weighted by Crippen LogP contribution is -2.22. The Kier molecular flexibility index (Phi) is 32.3. The maximum atomic E-state index is 13.4. The van der Waals surface area contributed by atoms with Gasteiger partial charge < -0.3 is 0 Å². The van der Waals surface area contributed by atoms with Gasteiger partial charge in [0.25, 0.3) is 5.78 Å². The van der Waals surface area contributed by atoms with Gasteiger partial charge in [-0.2, -0.15) is 13.2 Å². The molecule has 20 aromatic rings. The molecule has 0 atom stereocenters. The van der Waals surface area contributed by atoms with Crippen LogP contribution in [-0.4, -0.2) is 24.4 Å². The number of halogens is 4. The Balaban J connectivity index is 0.000000174. The molecular weight excluding hydrogens is 1690 g/mol. The maximum absolute atomic E-state index is 13.4. The molecule has 6 heteroatoms. The Bertz CT molecular complexity index is 7260. The molecule has 0 saturated heterocycles. The first-order valence-electron chi connectivity index (χ1n) is 47.0. The van der Waals surface area contributed by atoms with Gasteiger partial charge in [-0.1, -0.05) is 547 Å². The Morgan fingerprint density at radius 1 is 0.174 bits per heavy atom. The Morgan fingerprint density at radius 2 is 0.304 bits per heavy atom. The van der Waals surface area contributed by atoms with E-state index in [1.165, 1.54) is 56.6 Å². The largest absolute Gasteiger partial charge is 0.454 e. The molecule has 0 aromatic heterocycles. The Hall–Kier alpha value is -16.5. The summed E-state index contributed by atoms with van der Waals surface area (Å²) in [6, 6.07) is 170. The molecule has 0 bridgehead atoms. The van der Waals surface area contributed by atoms with Crippen LogP contribution in [0.5, 0.6) is 0 Å². The molecule has 0 heterocycles. The monoisotopic (exact) mass is 1800 g/mol. The molecule has 0 fully saturated rings. The van der Waals surface area contributed by atoms with E-state index in [0.29, 0.717) is 11.1 Å². The van der Waals surface area contributed by atoms with Crippen LogP contribution < -0.4 is 0 Å². The first-order chi connectivity index (χ1) is 67.6. The fourth-order valence-corrected chi connectivity index (χ4v) is 17.6. The highest BCUT2D eigenvalue weighted by molar-refractivity contribution is 6.08. The first-order valence-corrected chi connectivity index (χ1v) is 47.0. The molecule has 0 N–H and O–H groups in total. The molecule has 0 radical (unpaired) electrons. The van der Waals surface area contributed by atoms with Crippen LogP contribution in [-0.2, 0) is 0 Å². The molecule has 138 heavy (non-hydrogen) atoms. The van der Waals surface area contributed by atoms with Crippen molar-refractivity contribution in [2.75, 3.05) is 6.67 Å². The minimum absolute atomic E-state index is 0.366. The number of hydrogen-bond donors (Lipinski definition) is 0. The van der Waals surface area contributed by atoms with Crippen LogP contribution in [0.25, 0.3) is 178 Å². The molecule has 0 unspecified atom stereocenters. The number of benzene rings is 20. The third kappa shape index (κ3) is 22.7. The summed E-state index contributed by atoms with van der Waals surface area (Å²) in [5, 5.41) is 0. The summed E-state index contributed by atoms with van der Waals surface area (Å²) in [7, 11) is 0. The Labute approximate surface area is 810 Å². The lowest BCUT2D eigenvalue weighted by Gasteiger charge is -2.22. The highest BCUT2D eigenvalue weighted by Gasteiger charge is 2.39. The number of rotatable bonds is 19. The third-order valence-corrected chi connectivity index (χ3v) is 24.3. The standard InChI is InChI=1S/C56H37F3O.C56H39FO.2C8H10.2C2H6/c57-56(58,59)55(60)46-32-26-41(27-33-46)50-37-36-49(40-20-10-3-11-21-40)54(52(50)43-24-14-5-15-25-43)45-30-28-44(29-31-45)53-48(39-18-8-2-9-19-39)35-34-47(38-16-6-1-7-17-38)51(53)42-22-12-4-13-23-42;57-38-52(58)43-28-26-42(27-29-43)51-37-36-50(41-20-10-3-11-21-41)56(54(51)45-24-14-5-15-25-45)47-32-30-46(31-33-47)55-49(40-18-8-2-9-19-40)35-34-48(39-16-6-1-7-17-39)53(55)44-22-12-4-13-23-44;2*1-7-3-5-8(2)6-4-7;2*1-2/h1-37H;1-37H,38H2;2*3-6H,1-2H3;2*1-2H3. The van der Waals surface area contributed by atoms with Crippen LogP contribution in [0.15, 0.2) is 497 Å². The summed E-state index contributed by atoms with van der Waals surface area (Å²) in [6.45, 7) is 15.4. The quantitative estimate of drug-likeness (QED) is 0.0597. The van der Waals surface area contributed by atoms with Gasteiger partial charge >= 0.3 is 6.18 Å². The molecule has 676 valence electrons. The van der Waals surface area contributed by atoms with E-state index in [1.807, 2.05) is 113 Å². The number of Topliss-reactive ketones (excluding diaryl/α,β-unsaturated/α-hetero) is 2. The van der Waals surface area contributed by atoms with Gasteiger partial charge in [0.15, 0.2) is 12.5 Å². The van der Waals surface area contributed by atoms with E-state index in [9.17, 15) is 27.2 Å². The van der Waals surface area contributed by atoms with Gasteiger partial charge in [0, 0.05) is 11.1 Å². The zero-order valence-electron chi connectivity index (χ0n) is 78.9. The van der Waals surface area contributed by atoms with Crippen molar-refractivity contribution in [3.8, 4) is 178 Å². The smallest absolute Gasteiger partial charge is 0.291 e. The van der Waals surface area contributed by atoms with E-state index in [4.69, 9.17) is 0 Å². The normalized spacial score (nSPS) is 10.7. The van der Waals surface area contributed by atoms with E-state index in [0.717, 1.165) is 150 Å². The topological polar surface area (TPSA) is 34.1 Å². The number of ketones is 2. The summed E-state index contributed by atoms with van der Waals surface area (Å²) in [5.41, 5.74) is 39.4. The van der Waals surface area contributed by atoms with Gasteiger partial charge in [0.05, 0.1) is 0 Å². The molecule has 0 spiro atoms. The summed E-state index contributed by atoms with van der Waals surface area (Å²) >= 11 is 0. The highest BCUT2D eigenvalue weighted by atomic mass is 19.4. The summed E-state index contributed by atoms with van der Waals surface area (Å²) < 4.78 is 53.5. The fourth-order valence-electron chi connectivity index (χ4n) is 17.6. The predicted molar refractivity (Wildman–Crippen MR) is 575 cm³/mol. The van der Waals surface area contributed by atoms with Gasteiger partial charge in [-0.25, -0.2) is 4.39 Å². The molecule has 20 rings (SSSR count). The SMILES string of the molecule is CC.CC.Cc1ccc(C)cc1.Cc1ccc(C)cc1.O=C(CF)c1ccc(-c2ccc(-c3ccccc3)c(-c3ccc(-c4c(-c5ccccc5)ccc(-c5ccccc5)c4-c4ccccc4)cc3)c2-c2ccccc2)cc1.O=C(c1ccc(-c2ccc(-c3ccccc3)c(-c3ccc(-c4c(-c5ccccc5)ccc(-c5ccccc5)c4-c4ccccc4)cc3)c2-c2ccccc2)cc1)C(F)(F)F. The number of alkyl halides is 4. The third-order valence-electron chi connectivity index (χ3n) is 24.3. The summed E-state index contributed by atoms with van der Waals surface area (Å²) in [6.07, 6.45) is -4.96. The fraction of sp³-hybridized carbons (Fsp3) is 0.0758. The van der Waals surface area contributed by atoms with Gasteiger partial charge in [-0.15, -0.1) is 0 Å². The lowest BCUT2D eigenvalue weighted by molar-refractivity contribution is -0.0885. The average molecular weight is 1800 g/mol. The van der Waals surface area contributed by atoms with Crippen LogP contribution in [0.4, 0.5) is 17.6 Å². The zero-order valence-corrected chi connectivity index (χ0v) is 78.9. The summed E-state index contributed by atoms with van der Waals surface area (Å²) in [4.78, 5) is 24.4. The van der Waals surface area contributed by atoms with Gasteiger partial charge in [-0.05, 0) is 206 Å². The minimum atomic E-state index is -4.96. The van der Waals surface area contributed by atoms with Crippen molar-refractivity contribution in [1.82, 2.24) is 0 Å². The van der Waals surface area contributed by atoms with Gasteiger partial charge in [-0.3, -0.25) is 9.59 Å². The van der Waals surface area contributed by atoms with Gasteiger partial charge in [0.2, 0.25) is 0 Å². The molecule has 0 amide bonds. The van der Waals surface area contributed by atoms with Crippen molar-refractivity contribution in [3.63, 3.8) is 0 Å². The van der Waals surface area contributed by atoms with Crippen molar-refractivity contribution in [1.29, 1.82) is 0 Å².